The Morgan fingerprint density at radius 1 is 1.58 bits per heavy atom. The molecule has 0 aromatic carbocycles. The minimum Gasteiger partial charge on any atom is -0.394 e. The number of aliphatic hydroxyl groups is 1. The van der Waals surface area contributed by atoms with Gasteiger partial charge in [-0.05, 0) is 5.92 Å². The van der Waals surface area contributed by atoms with E-state index in [1.54, 1.807) is 0 Å². The minimum absolute atomic E-state index is 0.0145. The first-order valence-electron chi connectivity index (χ1n) is 6.46. The number of nitrogens with zero attached hydrogens (tertiary/aromatic N) is 3. The number of hydrogen-bond acceptors (Lipinski definition) is 7. The van der Waals surface area contributed by atoms with Crippen molar-refractivity contribution in [3.05, 3.63) is 11.9 Å². The van der Waals surface area contributed by atoms with Crippen molar-refractivity contribution in [3.8, 4) is 0 Å². The Hall–Kier alpha value is -1.44. The number of nitrogens with two attached hydrogens (primary N) is 1. The summed E-state index contributed by atoms with van der Waals surface area (Å²) in [6.45, 7) is 6.12. The van der Waals surface area contributed by atoms with Gasteiger partial charge in [-0.15, -0.1) is 0 Å². The van der Waals surface area contributed by atoms with Gasteiger partial charge in [0, 0.05) is 18.7 Å². The molecule has 2 rings (SSSR count). The summed E-state index contributed by atoms with van der Waals surface area (Å²) in [6, 6.07) is 0. The molecular weight excluding hydrogens is 246 g/mol. The van der Waals surface area contributed by atoms with Crippen LogP contribution < -0.4 is 16.2 Å². The number of nitrogen functional groups attached to an aromatic ring is 1. The molecule has 1 fully saturated rings. The first-order valence-corrected chi connectivity index (χ1v) is 6.46. The molecule has 1 aliphatic heterocycles. The average molecular weight is 267 g/mol. The van der Waals surface area contributed by atoms with E-state index in [-0.39, 0.29) is 18.6 Å². The summed E-state index contributed by atoms with van der Waals surface area (Å²) in [5, 5.41) is 9.22. The maximum atomic E-state index is 9.22. The molecule has 2 heterocycles. The number of nitrogens with one attached hydrogen (secondary N) is 1. The van der Waals surface area contributed by atoms with Crippen LogP contribution in [0.25, 0.3) is 0 Å². The standard InChI is InChI=1S/C12H21N5O2/c1-8(2)10-11(16-13)14-7-15-12(10)17-3-4-19-9(5-17)6-18/h7-9,18H,3-6,13H2,1-2H3,(H,14,15,16). The van der Waals surface area contributed by atoms with Crippen LogP contribution in [0.1, 0.15) is 25.3 Å². The van der Waals surface area contributed by atoms with E-state index >= 15 is 0 Å². The first-order chi connectivity index (χ1) is 9.17. The van der Waals surface area contributed by atoms with Gasteiger partial charge in [-0.25, -0.2) is 15.8 Å². The molecule has 7 nitrogen and oxygen atoms in total. The van der Waals surface area contributed by atoms with Gasteiger partial charge in [-0.1, -0.05) is 13.8 Å². The third-order valence-electron chi connectivity index (χ3n) is 3.22. The van der Waals surface area contributed by atoms with Crippen molar-refractivity contribution >= 4 is 11.6 Å². The second-order valence-corrected chi connectivity index (χ2v) is 4.88. The lowest BCUT2D eigenvalue weighted by Crippen LogP contribution is -2.45. The number of rotatable bonds is 4. The predicted octanol–water partition coefficient (Wildman–Crippen LogP) is 0.0831. The molecule has 106 valence electrons. The summed E-state index contributed by atoms with van der Waals surface area (Å²) in [5.41, 5.74) is 3.61. The SMILES string of the molecule is CC(C)c1c(NN)ncnc1N1CCOC(CO)C1. The van der Waals surface area contributed by atoms with Gasteiger partial charge in [0.1, 0.15) is 18.0 Å². The van der Waals surface area contributed by atoms with Crippen molar-refractivity contribution < 1.29 is 9.84 Å². The van der Waals surface area contributed by atoms with Gasteiger partial charge in [-0.2, -0.15) is 0 Å². The summed E-state index contributed by atoms with van der Waals surface area (Å²) in [7, 11) is 0. The number of aromatic nitrogens is 2. The highest BCUT2D eigenvalue weighted by molar-refractivity contribution is 5.60. The zero-order valence-corrected chi connectivity index (χ0v) is 11.3. The number of morpholine rings is 1. The van der Waals surface area contributed by atoms with Crippen molar-refractivity contribution in [1.29, 1.82) is 0 Å². The Bertz CT molecular complexity index is 427. The molecule has 0 aliphatic carbocycles. The number of hydrogen-bond donors (Lipinski definition) is 3. The van der Waals surface area contributed by atoms with Crippen LogP contribution in [-0.2, 0) is 4.74 Å². The Morgan fingerprint density at radius 2 is 2.37 bits per heavy atom. The molecule has 1 aliphatic rings. The molecule has 0 radical (unpaired) electrons. The monoisotopic (exact) mass is 267 g/mol. The number of hydrazine groups is 1. The van der Waals surface area contributed by atoms with Crippen molar-refractivity contribution in [2.45, 2.75) is 25.9 Å². The Balaban J connectivity index is 2.33. The highest BCUT2D eigenvalue weighted by Crippen LogP contribution is 2.31. The highest BCUT2D eigenvalue weighted by Gasteiger charge is 2.25. The quantitative estimate of drug-likeness (QED) is 0.525. The van der Waals surface area contributed by atoms with Gasteiger partial charge in [0.2, 0.25) is 0 Å². The zero-order valence-electron chi connectivity index (χ0n) is 11.3. The van der Waals surface area contributed by atoms with Crippen LogP contribution in [0.3, 0.4) is 0 Å². The fourth-order valence-electron chi connectivity index (χ4n) is 2.31. The molecule has 0 bridgehead atoms. The van der Waals surface area contributed by atoms with Crippen LogP contribution in [0, 0.1) is 0 Å². The second-order valence-electron chi connectivity index (χ2n) is 4.88. The second kappa shape index (κ2) is 6.14. The Labute approximate surface area is 112 Å². The molecule has 1 aromatic rings. The van der Waals surface area contributed by atoms with E-state index in [0.717, 1.165) is 17.9 Å². The summed E-state index contributed by atoms with van der Waals surface area (Å²) >= 11 is 0. The summed E-state index contributed by atoms with van der Waals surface area (Å²) in [6.07, 6.45) is 1.33. The Kier molecular flexibility index (Phi) is 4.52. The molecule has 0 saturated carbocycles. The summed E-state index contributed by atoms with van der Waals surface area (Å²) < 4.78 is 5.46. The van der Waals surface area contributed by atoms with E-state index in [9.17, 15) is 5.11 Å². The van der Waals surface area contributed by atoms with Crippen molar-refractivity contribution in [2.24, 2.45) is 5.84 Å². The fourth-order valence-corrected chi connectivity index (χ4v) is 2.31. The molecule has 1 unspecified atom stereocenters. The maximum Gasteiger partial charge on any atom is 0.148 e. The Morgan fingerprint density at radius 3 is 3.00 bits per heavy atom. The van der Waals surface area contributed by atoms with Gasteiger partial charge in [0.05, 0.1) is 19.3 Å². The van der Waals surface area contributed by atoms with Gasteiger partial charge >= 0.3 is 0 Å². The smallest absolute Gasteiger partial charge is 0.148 e. The van der Waals surface area contributed by atoms with Crippen LogP contribution in [0.15, 0.2) is 6.33 Å². The van der Waals surface area contributed by atoms with E-state index < -0.39 is 0 Å². The summed E-state index contributed by atoms with van der Waals surface area (Å²) in [5.74, 6) is 7.27. The van der Waals surface area contributed by atoms with Crippen molar-refractivity contribution in [3.63, 3.8) is 0 Å². The largest absolute Gasteiger partial charge is 0.394 e. The van der Waals surface area contributed by atoms with E-state index in [1.807, 2.05) is 0 Å². The number of anilines is 2. The number of ether oxygens (including phenoxy) is 1. The molecule has 4 N–H and O–H groups in total. The molecule has 1 aromatic heterocycles. The average Bonchev–Trinajstić information content (AvgIpc) is 2.46. The van der Waals surface area contributed by atoms with Crippen LogP contribution in [0.5, 0.6) is 0 Å². The zero-order chi connectivity index (χ0) is 13.8. The molecular formula is C12H21N5O2. The van der Waals surface area contributed by atoms with Crippen LogP contribution in [0.4, 0.5) is 11.6 Å². The van der Waals surface area contributed by atoms with E-state index in [0.29, 0.717) is 19.0 Å². The van der Waals surface area contributed by atoms with Crippen LogP contribution in [0.2, 0.25) is 0 Å². The predicted molar refractivity (Wildman–Crippen MR) is 73.0 cm³/mol. The van der Waals surface area contributed by atoms with Gasteiger partial charge < -0.3 is 20.2 Å². The van der Waals surface area contributed by atoms with Crippen molar-refractivity contribution in [2.75, 3.05) is 36.6 Å². The molecule has 19 heavy (non-hydrogen) atoms. The lowest BCUT2D eigenvalue weighted by Gasteiger charge is -2.34. The molecule has 1 saturated heterocycles. The first kappa shape index (κ1) is 14.0. The molecule has 0 spiro atoms. The fraction of sp³-hybridized carbons (Fsp3) is 0.667. The highest BCUT2D eigenvalue weighted by atomic mass is 16.5. The van der Waals surface area contributed by atoms with E-state index in [1.165, 1.54) is 6.33 Å². The minimum atomic E-state index is -0.169. The van der Waals surface area contributed by atoms with Crippen LogP contribution >= 0.6 is 0 Å². The van der Waals surface area contributed by atoms with Gasteiger partial charge in [-0.3, -0.25) is 0 Å². The maximum absolute atomic E-state index is 9.22. The lowest BCUT2D eigenvalue weighted by atomic mass is 10.0. The van der Waals surface area contributed by atoms with Crippen LogP contribution in [-0.4, -0.2) is 47.5 Å². The number of aliphatic hydroxyl groups excluding tert-OH is 1. The molecule has 1 atom stereocenters. The van der Waals surface area contributed by atoms with Gasteiger partial charge in [0.25, 0.3) is 0 Å². The third-order valence-corrected chi connectivity index (χ3v) is 3.22. The van der Waals surface area contributed by atoms with E-state index in [4.69, 9.17) is 10.6 Å². The molecule has 0 amide bonds. The summed E-state index contributed by atoms with van der Waals surface area (Å²) in [4.78, 5) is 10.7. The topological polar surface area (TPSA) is 96.5 Å². The van der Waals surface area contributed by atoms with E-state index in [2.05, 4.69) is 34.1 Å². The van der Waals surface area contributed by atoms with Gasteiger partial charge in [0.15, 0.2) is 0 Å². The normalized spacial score (nSPS) is 19.8. The lowest BCUT2D eigenvalue weighted by molar-refractivity contribution is 0.00330. The third kappa shape index (κ3) is 2.94. The molecule has 7 heteroatoms. The van der Waals surface area contributed by atoms with Crippen molar-refractivity contribution in [1.82, 2.24) is 9.97 Å².